The summed E-state index contributed by atoms with van der Waals surface area (Å²) >= 11 is 0. The molecule has 0 spiro atoms. The molecule has 0 saturated carbocycles. The summed E-state index contributed by atoms with van der Waals surface area (Å²) in [6.07, 6.45) is 2.85. The summed E-state index contributed by atoms with van der Waals surface area (Å²) in [5, 5.41) is 14.6. The van der Waals surface area contributed by atoms with Crippen molar-refractivity contribution >= 4 is 40.4 Å². The molecule has 0 radical (unpaired) electrons. The Bertz CT molecular complexity index is 831. The van der Waals surface area contributed by atoms with Crippen LogP contribution in [0.25, 0.3) is 0 Å². The van der Waals surface area contributed by atoms with Crippen molar-refractivity contribution < 1.29 is 19.4 Å². The summed E-state index contributed by atoms with van der Waals surface area (Å²) in [7, 11) is 0. The quantitative estimate of drug-likeness (QED) is 0.397. The minimum Gasteiger partial charge on any atom is -0.547 e. The van der Waals surface area contributed by atoms with Crippen molar-refractivity contribution in [3.8, 4) is 5.75 Å². The number of carbonyl (C=O) groups is 1. The first-order valence-electron chi connectivity index (χ1n) is 11.3. The zero-order chi connectivity index (χ0) is 22.1. The Balaban J connectivity index is 0.00000363. The number of benzene rings is 2. The van der Waals surface area contributed by atoms with Gasteiger partial charge >= 0.3 is 23.1 Å². The van der Waals surface area contributed by atoms with Gasteiger partial charge in [0, 0.05) is 31.8 Å². The smallest absolute Gasteiger partial charge is 0.547 e. The summed E-state index contributed by atoms with van der Waals surface area (Å²) in [6, 6.07) is 16.1. The second-order valence-corrected chi connectivity index (χ2v) is 7.89. The summed E-state index contributed by atoms with van der Waals surface area (Å²) in [5.41, 5.74) is 3.12. The maximum atomic E-state index is 11.1. The number of carbonyl (C=O) groups excluding carboxylic acids is 1. The first kappa shape index (κ1) is 26.3. The third-order valence-electron chi connectivity index (χ3n) is 5.47. The predicted octanol–water partition coefficient (Wildman–Crippen LogP) is 2.87. The van der Waals surface area contributed by atoms with Gasteiger partial charge in [0.05, 0.1) is 18.2 Å². The third-order valence-corrected chi connectivity index (χ3v) is 5.47. The molecule has 1 aliphatic rings. The minimum atomic E-state index is -1.17. The van der Waals surface area contributed by atoms with Gasteiger partial charge in [-0.15, -0.1) is 0 Å². The molecule has 168 valence electrons. The first-order valence-corrected chi connectivity index (χ1v) is 11.3. The van der Waals surface area contributed by atoms with Crippen LogP contribution in [0.1, 0.15) is 38.7 Å². The average molecular weight is 450 g/mol. The molecule has 0 saturated heterocycles. The Morgan fingerprint density at radius 3 is 2.66 bits per heavy atom. The number of carboxylic acid groups (broad SMARTS) is 1. The van der Waals surface area contributed by atoms with Crippen LogP contribution in [0.2, 0.25) is 0 Å². The second kappa shape index (κ2) is 13.6. The van der Waals surface area contributed by atoms with Crippen LogP contribution in [0.4, 0.5) is 11.4 Å². The molecule has 32 heavy (non-hydrogen) atoms. The molecule has 2 aromatic rings. The number of aliphatic carboxylic acids is 1. The normalized spacial score (nSPS) is 15.8. The number of para-hydroxylation sites is 2. The average Bonchev–Trinajstić information content (AvgIpc) is 2.77. The summed E-state index contributed by atoms with van der Waals surface area (Å²) < 4.78 is 11.4. The van der Waals surface area contributed by atoms with Crippen LogP contribution in [0.5, 0.6) is 5.75 Å². The Morgan fingerprint density at radius 2 is 1.97 bits per heavy atom. The van der Waals surface area contributed by atoms with E-state index in [0.29, 0.717) is 13.0 Å². The van der Waals surface area contributed by atoms with Crippen LogP contribution in [-0.4, -0.2) is 67.5 Å². The molecule has 0 bridgehead atoms. The molecule has 6 nitrogen and oxygen atoms in total. The maximum Gasteiger partial charge on any atom is 2.00 e. The molecule has 0 aromatic heterocycles. The van der Waals surface area contributed by atoms with E-state index in [9.17, 15) is 9.90 Å². The largest absolute Gasteiger partial charge is 2.00 e. The number of nitrogens with one attached hydrogen (secondary N) is 1. The second-order valence-electron chi connectivity index (χ2n) is 7.89. The summed E-state index contributed by atoms with van der Waals surface area (Å²) in [6.45, 7) is 7.08. The van der Waals surface area contributed by atoms with E-state index in [2.05, 4.69) is 35.3 Å². The van der Waals surface area contributed by atoms with E-state index in [4.69, 9.17) is 9.47 Å². The van der Waals surface area contributed by atoms with Crippen LogP contribution in [0.3, 0.4) is 0 Å². The van der Waals surface area contributed by atoms with Crippen molar-refractivity contribution in [2.45, 2.75) is 51.7 Å². The van der Waals surface area contributed by atoms with Crippen molar-refractivity contribution in [1.29, 1.82) is 0 Å². The van der Waals surface area contributed by atoms with Gasteiger partial charge in [0.2, 0.25) is 0 Å². The van der Waals surface area contributed by atoms with E-state index < -0.39 is 12.1 Å². The van der Waals surface area contributed by atoms with Crippen molar-refractivity contribution in [1.82, 2.24) is 0 Å². The Morgan fingerprint density at radius 1 is 1.22 bits per heavy atom. The molecule has 2 aromatic carbocycles. The Kier molecular flexibility index (Phi) is 11.1. The number of hydrogen-bond acceptors (Lipinski definition) is 6. The minimum absolute atomic E-state index is 0. The molecule has 1 N–H and O–H groups in total. The number of rotatable bonds is 12. The molecule has 7 heteroatoms. The molecular weight excluding hydrogens is 417 g/mol. The van der Waals surface area contributed by atoms with Gasteiger partial charge in [-0.05, 0) is 49.6 Å². The van der Waals surface area contributed by atoms with Crippen LogP contribution in [0, 0.1) is 0 Å². The molecule has 2 unspecified atom stereocenters. The first-order chi connectivity index (χ1) is 15.1. The zero-order valence-corrected chi connectivity index (χ0v) is 20.6. The van der Waals surface area contributed by atoms with E-state index in [-0.39, 0.29) is 29.2 Å². The molecule has 0 amide bonds. The summed E-state index contributed by atoms with van der Waals surface area (Å²) in [4.78, 5) is 13.6. The molecular formula is C25H33MgN2O4+. The Labute approximate surface area is 207 Å². The van der Waals surface area contributed by atoms with Gasteiger partial charge in [-0.25, -0.2) is 0 Å². The van der Waals surface area contributed by atoms with Gasteiger partial charge < -0.3 is 29.6 Å². The molecule has 0 aliphatic carbocycles. The fourth-order valence-electron chi connectivity index (χ4n) is 3.95. The fourth-order valence-corrected chi connectivity index (χ4v) is 3.95. The number of nitrogens with zero attached hydrogens (tertiary/aromatic N) is 1. The van der Waals surface area contributed by atoms with Crippen LogP contribution < -0.4 is 20.1 Å². The number of carboxylic acids is 1. The molecule has 3 rings (SSSR count). The molecule has 2 atom stereocenters. The van der Waals surface area contributed by atoms with Crippen LogP contribution in [0.15, 0.2) is 48.5 Å². The van der Waals surface area contributed by atoms with Gasteiger partial charge in [-0.2, -0.15) is 0 Å². The maximum absolute atomic E-state index is 11.1. The SMILES string of the molecule is CCCC1CN(CCCNc2ccc(CC(OCC)C(=O)[O-])cc2)c2ccccc2O1.[Mg+2]. The zero-order valence-electron chi connectivity index (χ0n) is 19.2. The van der Waals surface area contributed by atoms with E-state index >= 15 is 0 Å². The van der Waals surface area contributed by atoms with Crippen molar-refractivity contribution in [3.05, 3.63) is 54.1 Å². The molecule has 1 aliphatic heterocycles. The topological polar surface area (TPSA) is 73.9 Å². The van der Waals surface area contributed by atoms with Gasteiger partial charge in [-0.1, -0.05) is 37.6 Å². The van der Waals surface area contributed by atoms with Gasteiger partial charge in [0.15, 0.2) is 0 Å². The molecule has 0 fully saturated rings. The van der Waals surface area contributed by atoms with Crippen LogP contribution >= 0.6 is 0 Å². The third kappa shape index (κ3) is 7.57. The fraction of sp³-hybridized carbons (Fsp3) is 0.480. The van der Waals surface area contributed by atoms with E-state index in [1.165, 1.54) is 5.69 Å². The van der Waals surface area contributed by atoms with Crippen molar-refractivity contribution in [3.63, 3.8) is 0 Å². The van der Waals surface area contributed by atoms with Crippen molar-refractivity contribution in [2.24, 2.45) is 0 Å². The Hall–Kier alpha value is -1.96. The number of anilines is 2. The number of hydrogen-bond donors (Lipinski definition) is 1. The predicted molar refractivity (Wildman–Crippen MR) is 127 cm³/mol. The summed E-state index contributed by atoms with van der Waals surface area (Å²) in [5.74, 6) is -0.187. The van der Waals surface area contributed by atoms with E-state index in [1.807, 2.05) is 30.3 Å². The van der Waals surface area contributed by atoms with Crippen molar-refractivity contribution in [2.75, 3.05) is 36.5 Å². The van der Waals surface area contributed by atoms with Gasteiger partial charge in [0.1, 0.15) is 18.0 Å². The standard InChI is InChI=1S/C25H34N2O4.Mg/c1-3-8-21-18-27(22-9-5-6-10-23(22)31-21)16-7-15-26-20-13-11-19(12-14-20)17-24(25(28)29)30-4-2;/h5-6,9-14,21,24,26H,3-4,7-8,15-18H2,1-2H3,(H,28,29);/q;+2/p-1. The monoisotopic (exact) mass is 449 g/mol. The number of fused-ring (bicyclic) bond motifs is 1. The van der Waals surface area contributed by atoms with Gasteiger partial charge in [0.25, 0.3) is 0 Å². The molecule has 1 heterocycles. The van der Waals surface area contributed by atoms with Gasteiger partial charge in [-0.3, -0.25) is 0 Å². The van der Waals surface area contributed by atoms with E-state index in [0.717, 1.165) is 55.9 Å². The van der Waals surface area contributed by atoms with Crippen LogP contribution in [-0.2, 0) is 16.0 Å². The number of ether oxygens (including phenoxy) is 2. The van der Waals surface area contributed by atoms with E-state index in [1.54, 1.807) is 6.92 Å².